The maximum Gasteiger partial charge on any atom is 0.269 e. The zero-order valence-electron chi connectivity index (χ0n) is 9.38. The number of hydrogen-bond acceptors (Lipinski definition) is 6. The molecular weight excluding hydrogens is 268 g/mol. The molecule has 90 valence electrons. The van der Waals surface area contributed by atoms with Gasteiger partial charge in [-0.15, -0.1) is 11.3 Å². The van der Waals surface area contributed by atoms with E-state index < -0.39 is 0 Å². The summed E-state index contributed by atoms with van der Waals surface area (Å²) < 4.78 is 0.967. The Kier molecular flexibility index (Phi) is 2.77. The average molecular weight is 276 g/mol. The number of pyridine rings is 1. The van der Waals surface area contributed by atoms with Crippen molar-refractivity contribution in [3.63, 3.8) is 0 Å². The van der Waals surface area contributed by atoms with Gasteiger partial charge in [-0.05, 0) is 18.6 Å². The number of rotatable bonds is 2. The van der Waals surface area contributed by atoms with Gasteiger partial charge in [0, 0.05) is 6.20 Å². The number of aryl methyl sites for hydroxylation is 1. The number of thiazole rings is 2. The van der Waals surface area contributed by atoms with E-state index in [0.717, 1.165) is 10.3 Å². The van der Waals surface area contributed by atoms with E-state index in [9.17, 15) is 4.79 Å². The summed E-state index contributed by atoms with van der Waals surface area (Å²) in [6, 6.07) is 2.00. The van der Waals surface area contributed by atoms with Crippen molar-refractivity contribution in [1.29, 1.82) is 0 Å². The topological polar surface area (TPSA) is 67.8 Å². The Hall–Kier alpha value is -1.86. The van der Waals surface area contributed by atoms with Crippen molar-refractivity contribution in [1.82, 2.24) is 15.0 Å². The molecule has 1 N–H and O–H groups in total. The molecular formula is C11H8N4OS2. The molecule has 0 radical (unpaired) electrons. The summed E-state index contributed by atoms with van der Waals surface area (Å²) in [6.07, 6.45) is 3.30. The van der Waals surface area contributed by atoms with Crippen LogP contribution in [-0.4, -0.2) is 20.9 Å². The molecule has 18 heavy (non-hydrogen) atoms. The molecule has 1 amide bonds. The third kappa shape index (κ3) is 2.09. The number of hydrogen-bond donors (Lipinski definition) is 1. The predicted molar refractivity (Wildman–Crippen MR) is 72.2 cm³/mol. The summed E-state index contributed by atoms with van der Waals surface area (Å²) in [5, 5.41) is 3.31. The van der Waals surface area contributed by atoms with E-state index in [-0.39, 0.29) is 5.91 Å². The van der Waals surface area contributed by atoms with Crippen LogP contribution in [0, 0.1) is 6.92 Å². The number of anilines is 1. The van der Waals surface area contributed by atoms with Gasteiger partial charge in [-0.1, -0.05) is 11.3 Å². The summed E-state index contributed by atoms with van der Waals surface area (Å²) >= 11 is 2.71. The Morgan fingerprint density at radius 1 is 1.39 bits per heavy atom. The van der Waals surface area contributed by atoms with E-state index in [0.29, 0.717) is 15.7 Å². The van der Waals surface area contributed by atoms with Crippen molar-refractivity contribution in [3.05, 3.63) is 34.4 Å². The molecule has 3 rings (SSSR count). The summed E-state index contributed by atoms with van der Waals surface area (Å²) in [5.74, 6) is -0.187. The van der Waals surface area contributed by atoms with Gasteiger partial charge in [0.15, 0.2) is 10.8 Å². The average Bonchev–Trinajstić information content (AvgIpc) is 2.95. The molecule has 0 fully saturated rings. The lowest BCUT2D eigenvalue weighted by atomic mass is 10.3. The van der Waals surface area contributed by atoms with Crippen molar-refractivity contribution < 1.29 is 4.79 Å². The highest BCUT2D eigenvalue weighted by Gasteiger charge is 2.11. The zero-order chi connectivity index (χ0) is 12.5. The Bertz CT molecular complexity index is 705. The third-order valence-corrected chi connectivity index (χ3v) is 3.94. The fraction of sp³-hybridized carbons (Fsp3) is 0.0909. The Morgan fingerprint density at radius 2 is 2.28 bits per heavy atom. The SMILES string of the molecule is Cc1cnc2nc(NC(=O)c3cncs3)sc2c1. The van der Waals surface area contributed by atoms with Crippen molar-refractivity contribution in [3.8, 4) is 0 Å². The fourth-order valence-corrected chi connectivity index (χ4v) is 2.89. The van der Waals surface area contributed by atoms with E-state index >= 15 is 0 Å². The van der Waals surface area contributed by atoms with Crippen molar-refractivity contribution >= 4 is 44.1 Å². The van der Waals surface area contributed by atoms with E-state index in [1.807, 2.05) is 13.0 Å². The Balaban J connectivity index is 1.89. The minimum absolute atomic E-state index is 0.187. The molecule has 0 atom stereocenters. The third-order valence-electron chi connectivity index (χ3n) is 2.26. The van der Waals surface area contributed by atoms with Crippen LogP contribution < -0.4 is 5.32 Å². The first-order valence-corrected chi connectivity index (χ1v) is 6.85. The summed E-state index contributed by atoms with van der Waals surface area (Å²) in [5.41, 5.74) is 3.36. The largest absolute Gasteiger partial charge is 0.297 e. The molecule has 0 saturated carbocycles. The van der Waals surface area contributed by atoms with E-state index in [1.165, 1.54) is 28.9 Å². The molecule has 3 aromatic heterocycles. The lowest BCUT2D eigenvalue weighted by Gasteiger charge is -1.95. The minimum atomic E-state index is -0.187. The van der Waals surface area contributed by atoms with Gasteiger partial charge in [0.1, 0.15) is 4.88 Å². The van der Waals surface area contributed by atoms with Crippen LogP contribution in [0.25, 0.3) is 10.3 Å². The molecule has 0 aromatic carbocycles. The molecule has 0 spiro atoms. The number of nitrogens with one attached hydrogen (secondary N) is 1. The molecule has 7 heteroatoms. The van der Waals surface area contributed by atoms with Crippen LogP contribution in [0.1, 0.15) is 15.2 Å². The number of fused-ring (bicyclic) bond motifs is 1. The van der Waals surface area contributed by atoms with Crippen molar-refractivity contribution in [2.24, 2.45) is 0 Å². The van der Waals surface area contributed by atoms with Gasteiger partial charge in [-0.2, -0.15) is 4.98 Å². The van der Waals surface area contributed by atoms with Gasteiger partial charge < -0.3 is 0 Å². The standard InChI is InChI=1S/C11H8N4OS2/c1-6-2-7-9(13-3-6)14-11(18-7)15-10(16)8-4-12-5-17-8/h2-5H,1H3,(H,13,14,15,16). The van der Waals surface area contributed by atoms with Gasteiger partial charge in [-0.3, -0.25) is 15.1 Å². The second-order valence-corrected chi connectivity index (χ2v) is 5.59. The second kappa shape index (κ2) is 4.43. The number of nitrogens with zero attached hydrogens (tertiary/aromatic N) is 3. The molecule has 0 aliphatic rings. The maximum absolute atomic E-state index is 11.8. The first kappa shape index (κ1) is 11.2. The van der Waals surface area contributed by atoms with E-state index in [1.54, 1.807) is 11.7 Å². The smallest absolute Gasteiger partial charge is 0.269 e. The summed E-state index contributed by atoms with van der Waals surface area (Å²) in [6.45, 7) is 1.97. The minimum Gasteiger partial charge on any atom is -0.297 e. The number of aromatic nitrogens is 3. The van der Waals surface area contributed by atoms with Crippen molar-refractivity contribution in [2.75, 3.05) is 5.32 Å². The van der Waals surface area contributed by atoms with Gasteiger partial charge in [0.25, 0.3) is 5.91 Å². The molecule has 0 bridgehead atoms. The second-order valence-electron chi connectivity index (χ2n) is 3.67. The number of amides is 1. The summed E-state index contributed by atoms with van der Waals surface area (Å²) in [7, 11) is 0. The van der Waals surface area contributed by atoms with Crippen LogP contribution in [0.3, 0.4) is 0 Å². The molecule has 0 saturated heterocycles. The maximum atomic E-state index is 11.8. The first-order valence-electron chi connectivity index (χ1n) is 5.15. The molecule has 0 aliphatic carbocycles. The molecule has 3 aromatic rings. The number of carbonyl (C=O) groups is 1. The van der Waals surface area contributed by atoms with Crippen LogP contribution in [0.15, 0.2) is 24.0 Å². The van der Waals surface area contributed by atoms with Gasteiger partial charge in [0.2, 0.25) is 0 Å². The lowest BCUT2D eigenvalue weighted by Crippen LogP contribution is -2.09. The highest BCUT2D eigenvalue weighted by atomic mass is 32.1. The van der Waals surface area contributed by atoms with E-state index in [4.69, 9.17) is 0 Å². The Morgan fingerprint density at radius 3 is 3.06 bits per heavy atom. The van der Waals surface area contributed by atoms with Crippen LogP contribution >= 0.6 is 22.7 Å². The summed E-state index contributed by atoms with van der Waals surface area (Å²) in [4.78, 5) is 24.7. The highest BCUT2D eigenvalue weighted by molar-refractivity contribution is 7.22. The van der Waals surface area contributed by atoms with Gasteiger partial charge in [0.05, 0.1) is 16.4 Å². The van der Waals surface area contributed by atoms with E-state index in [2.05, 4.69) is 20.3 Å². The van der Waals surface area contributed by atoms with Crippen LogP contribution in [0.4, 0.5) is 5.13 Å². The first-order chi connectivity index (χ1) is 8.72. The monoisotopic (exact) mass is 276 g/mol. The quantitative estimate of drug-likeness (QED) is 0.781. The highest BCUT2D eigenvalue weighted by Crippen LogP contribution is 2.25. The number of carbonyl (C=O) groups excluding carboxylic acids is 1. The lowest BCUT2D eigenvalue weighted by molar-refractivity contribution is 0.103. The molecule has 0 unspecified atom stereocenters. The normalized spacial score (nSPS) is 10.7. The zero-order valence-corrected chi connectivity index (χ0v) is 11.0. The van der Waals surface area contributed by atoms with Gasteiger partial charge in [-0.25, -0.2) is 4.98 Å². The van der Waals surface area contributed by atoms with Crippen molar-refractivity contribution in [2.45, 2.75) is 6.92 Å². The van der Waals surface area contributed by atoms with Crippen LogP contribution in [-0.2, 0) is 0 Å². The van der Waals surface area contributed by atoms with Crippen LogP contribution in [0.2, 0.25) is 0 Å². The fourth-order valence-electron chi connectivity index (χ4n) is 1.46. The molecule has 3 heterocycles. The van der Waals surface area contributed by atoms with Gasteiger partial charge >= 0.3 is 0 Å². The molecule has 0 aliphatic heterocycles. The Labute approximate surface area is 111 Å². The molecule has 5 nitrogen and oxygen atoms in total. The van der Waals surface area contributed by atoms with Crippen LogP contribution in [0.5, 0.6) is 0 Å². The predicted octanol–water partition coefficient (Wildman–Crippen LogP) is 2.71.